The minimum Gasteiger partial charge on any atom is -0.252 e. The average molecular weight is 328 g/mol. The smallest absolute Gasteiger partial charge is 0.240 e. The van der Waals surface area contributed by atoms with Crippen LogP contribution in [0.15, 0.2) is 35.5 Å². The molecule has 0 saturated heterocycles. The number of sulfonamides is 1. The van der Waals surface area contributed by atoms with E-state index in [1.165, 1.54) is 0 Å². The number of nitrogens with zero attached hydrogens (tertiary/aromatic N) is 3. The summed E-state index contributed by atoms with van der Waals surface area (Å²) in [6.45, 7) is 0.684. The molecule has 0 radical (unpaired) electrons. The summed E-state index contributed by atoms with van der Waals surface area (Å²) >= 11 is 0. The Hall–Kier alpha value is -1.87. The van der Waals surface area contributed by atoms with Gasteiger partial charge in [0.15, 0.2) is 11.6 Å². The maximum absolute atomic E-state index is 13.1. The van der Waals surface area contributed by atoms with Crippen molar-refractivity contribution in [3.8, 4) is 0 Å². The molecule has 1 heterocycles. The fourth-order valence-electron chi connectivity index (χ4n) is 2.51. The Morgan fingerprint density at radius 1 is 1.27 bits per heavy atom. The third-order valence-electron chi connectivity index (χ3n) is 3.68. The Morgan fingerprint density at radius 2 is 2.05 bits per heavy atom. The maximum Gasteiger partial charge on any atom is 0.240 e. The molecule has 0 unspecified atom stereocenters. The van der Waals surface area contributed by atoms with Gasteiger partial charge in [-0.15, -0.1) is 5.10 Å². The molecule has 1 fully saturated rings. The van der Waals surface area contributed by atoms with E-state index >= 15 is 0 Å². The second-order valence-corrected chi connectivity index (χ2v) is 7.07. The number of aromatic nitrogens is 3. The Bertz CT molecular complexity index is 758. The standard InChI is InChI=1S/C13H14F2N4O2S/c14-12-2-1-11(7-13(12)15)22(20,21)17-10-5-9(6-10)8-19-4-3-16-18-19/h1-4,7,9-10,17H,5-6,8H2. The van der Waals surface area contributed by atoms with Crippen molar-refractivity contribution < 1.29 is 17.2 Å². The average Bonchev–Trinajstić information content (AvgIpc) is 2.92. The quantitative estimate of drug-likeness (QED) is 0.898. The summed E-state index contributed by atoms with van der Waals surface area (Å²) in [6.07, 6.45) is 4.67. The van der Waals surface area contributed by atoms with Gasteiger partial charge in [-0.3, -0.25) is 4.68 Å². The van der Waals surface area contributed by atoms with Crippen LogP contribution in [0.1, 0.15) is 12.8 Å². The first kappa shape index (κ1) is 15.0. The monoisotopic (exact) mass is 328 g/mol. The fraction of sp³-hybridized carbons (Fsp3) is 0.385. The molecule has 1 saturated carbocycles. The highest BCUT2D eigenvalue weighted by atomic mass is 32.2. The van der Waals surface area contributed by atoms with Crippen molar-refractivity contribution in [1.82, 2.24) is 19.7 Å². The molecule has 9 heteroatoms. The molecule has 0 bridgehead atoms. The molecular weight excluding hydrogens is 314 g/mol. The second-order valence-electron chi connectivity index (χ2n) is 5.36. The number of halogens is 2. The lowest BCUT2D eigenvalue weighted by Crippen LogP contribution is -2.45. The van der Waals surface area contributed by atoms with Crippen molar-refractivity contribution in [2.45, 2.75) is 30.3 Å². The fourth-order valence-corrected chi connectivity index (χ4v) is 3.78. The summed E-state index contributed by atoms with van der Waals surface area (Å²) in [5.41, 5.74) is 0. The van der Waals surface area contributed by atoms with Gasteiger partial charge in [0.2, 0.25) is 10.0 Å². The van der Waals surface area contributed by atoms with Gasteiger partial charge >= 0.3 is 0 Å². The van der Waals surface area contributed by atoms with Crippen LogP contribution in [0, 0.1) is 17.6 Å². The van der Waals surface area contributed by atoms with Crippen LogP contribution in [0.5, 0.6) is 0 Å². The van der Waals surface area contributed by atoms with Crippen LogP contribution < -0.4 is 4.72 Å². The minimum absolute atomic E-state index is 0.202. The molecule has 118 valence electrons. The molecule has 1 aromatic heterocycles. The number of rotatable bonds is 5. The van der Waals surface area contributed by atoms with Crippen LogP contribution in [0.25, 0.3) is 0 Å². The largest absolute Gasteiger partial charge is 0.252 e. The summed E-state index contributed by atoms with van der Waals surface area (Å²) in [5, 5.41) is 7.56. The van der Waals surface area contributed by atoms with Crippen molar-refractivity contribution in [3.05, 3.63) is 42.2 Å². The SMILES string of the molecule is O=S(=O)(NC1CC(Cn2ccnn2)C1)c1ccc(F)c(F)c1. The van der Waals surface area contributed by atoms with Gasteiger partial charge in [-0.25, -0.2) is 21.9 Å². The lowest BCUT2D eigenvalue weighted by Gasteiger charge is -2.35. The topological polar surface area (TPSA) is 76.9 Å². The third-order valence-corrected chi connectivity index (χ3v) is 5.19. The summed E-state index contributed by atoms with van der Waals surface area (Å²) in [7, 11) is -3.84. The molecule has 1 N–H and O–H groups in total. The zero-order chi connectivity index (χ0) is 15.7. The number of nitrogens with one attached hydrogen (secondary N) is 1. The molecule has 0 aliphatic heterocycles. The number of benzene rings is 1. The van der Waals surface area contributed by atoms with Gasteiger partial charge in [0.25, 0.3) is 0 Å². The van der Waals surface area contributed by atoms with E-state index in [0.29, 0.717) is 31.4 Å². The summed E-state index contributed by atoms with van der Waals surface area (Å²) in [4.78, 5) is -0.272. The summed E-state index contributed by atoms with van der Waals surface area (Å²) < 4.78 is 54.4. The zero-order valence-corrected chi connectivity index (χ0v) is 12.3. The van der Waals surface area contributed by atoms with Gasteiger partial charge in [-0.2, -0.15) is 0 Å². The van der Waals surface area contributed by atoms with E-state index in [4.69, 9.17) is 0 Å². The maximum atomic E-state index is 13.1. The second kappa shape index (κ2) is 5.73. The Labute approximate surface area is 126 Å². The van der Waals surface area contributed by atoms with Crippen LogP contribution in [0.4, 0.5) is 8.78 Å². The molecule has 1 aromatic carbocycles. The first-order chi connectivity index (χ1) is 10.4. The van der Waals surface area contributed by atoms with Crippen molar-refractivity contribution in [1.29, 1.82) is 0 Å². The van der Waals surface area contributed by atoms with E-state index in [0.717, 1.165) is 12.1 Å². The van der Waals surface area contributed by atoms with E-state index < -0.39 is 21.7 Å². The Morgan fingerprint density at radius 3 is 2.68 bits per heavy atom. The Balaban J connectivity index is 1.58. The van der Waals surface area contributed by atoms with E-state index in [2.05, 4.69) is 15.0 Å². The highest BCUT2D eigenvalue weighted by Gasteiger charge is 2.33. The molecule has 0 spiro atoms. The van der Waals surface area contributed by atoms with Crippen molar-refractivity contribution in [2.24, 2.45) is 5.92 Å². The van der Waals surface area contributed by atoms with Gasteiger partial charge in [0.1, 0.15) is 0 Å². The van der Waals surface area contributed by atoms with E-state index in [-0.39, 0.29) is 10.9 Å². The minimum atomic E-state index is -3.84. The molecule has 0 amide bonds. The molecule has 6 nitrogen and oxygen atoms in total. The molecule has 0 atom stereocenters. The van der Waals surface area contributed by atoms with Gasteiger partial charge in [0.05, 0.1) is 11.1 Å². The van der Waals surface area contributed by atoms with Crippen molar-refractivity contribution >= 4 is 10.0 Å². The highest BCUT2D eigenvalue weighted by Crippen LogP contribution is 2.30. The molecule has 3 rings (SSSR count). The van der Waals surface area contributed by atoms with E-state index in [1.54, 1.807) is 17.1 Å². The van der Waals surface area contributed by atoms with Crippen LogP contribution in [-0.2, 0) is 16.6 Å². The predicted molar refractivity (Wildman–Crippen MR) is 73.2 cm³/mol. The summed E-state index contributed by atoms with van der Waals surface area (Å²) in [6, 6.07) is 2.33. The molecule has 22 heavy (non-hydrogen) atoms. The van der Waals surface area contributed by atoms with Gasteiger partial charge < -0.3 is 0 Å². The summed E-state index contributed by atoms with van der Waals surface area (Å²) in [5.74, 6) is -1.93. The molecule has 1 aliphatic rings. The van der Waals surface area contributed by atoms with Gasteiger partial charge in [-0.1, -0.05) is 5.21 Å². The van der Waals surface area contributed by atoms with E-state index in [9.17, 15) is 17.2 Å². The molecule has 1 aliphatic carbocycles. The van der Waals surface area contributed by atoms with Crippen LogP contribution >= 0.6 is 0 Å². The first-order valence-electron chi connectivity index (χ1n) is 6.75. The predicted octanol–water partition coefficient (Wildman–Crippen LogP) is 1.31. The lowest BCUT2D eigenvalue weighted by atomic mass is 9.81. The number of hydrogen-bond acceptors (Lipinski definition) is 4. The third kappa shape index (κ3) is 3.14. The number of hydrogen-bond donors (Lipinski definition) is 1. The van der Waals surface area contributed by atoms with Crippen LogP contribution in [0.3, 0.4) is 0 Å². The van der Waals surface area contributed by atoms with Crippen LogP contribution in [0.2, 0.25) is 0 Å². The van der Waals surface area contributed by atoms with Crippen molar-refractivity contribution in [2.75, 3.05) is 0 Å². The first-order valence-corrected chi connectivity index (χ1v) is 8.24. The van der Waals surface area contributed by atoms with E-state index in [1.807, 2.05) is 0 Å². The van der Waals surface area contributed by atoms with Gasteiger partial charge in [0, 0.05) is 18.8 Å². The molecular formula is C13H14F2N4O2S. The lowest BCUT2D eigenvalue weighted by molar-refractivity contribution is 0.212. The highest BCUT2D eigenvalue weighted by molar-refractivity contribution is 7.89. The molecule has 2 aromatic rings. The normalized spacial score (nSPS) is 21.5. The van der Waals surface area contributed by atoms with Crippen molar-refractivity contribution in [3.63, 3.8) is 0 Å². The Kier molecular flexibility index (Phi) is 3.92. The zero-order valence-electron chi connectivity index (χ0n) is 11.5. The van der Waals surface area contributed by atoms with Gasteiger partial charge in [-0.05, 0) is 37.0 Å². The van der Waals surface area contributed by atoms with Crippen LogP contribution in [-0.4, -0.2) is 29.5 Å².